The second-order valence-electron chi connectivity index (χ2n) is 4.25. The van der Waals surface area contributed by atoms with Gasteiger partial charge < -0.3 is 9.84 Å². The SMILES string of the molecule is Cc1ccc(O)c2c1CC(C)(C)O2. The lowest BCUT2D eigenvalue weighted by molar-refractivity contribution is 0.134. The molecule has 0 fully saturated rings. The van der Waals surface area contributed by atoms with E-state index in [1.807, 2.05) is 26.8 Å². The number of fused-ring (bicyclic) bond motifs is 1. The molecule has 1 aliphatic rings. The van der Waals surface area contributed by atoms with Crippen molar-refractivity contribution in [3.05, 3.63) is 23.3 Å². The largest absolute Gasteiger partial charge is 0.504 e. The number of hydrogen-bond donors (Lipinski definition) is 1. The van der Waals surface area contributed by atoms with E-state index in [-0.39, 0.29) is 11.4 Å². The number of ether oxygens (including phenoxy) is 1. The van der Waals surface area contributed by atoms with Gasteiger partial charge in [0.1, 0.15) is 5.60 Å². The summed E-state index contributed by atoms with van der Waals surface area (Å²) in [7, 11) is 0. The van der Waals surface area contributed by atoms with Crippen LogP contribution in [0, 0.1) is 6.92 Å². The van der Waals surface area contributed by atoms with Crippen molar-refractivity contribution in [2.45, 2.75) is 32.8 Å². The second kappa shape index (κ2) is 2.41. The third-order valence-corrected chi connectivity index (χ3v) is 2.45. The summed E-state index contributed by atoms with van der Waals surface area (Å²) in [5.74, 6) is 0.927. The molecule has 1 aromatic rings. The number of phenols is 1. The molecular weight excluding hydrogens is 164 g/mol. The van der Waals surface area contributed by atoms with Crippen LogP contribution in [0.25, 0.3) is 0 Å². The Morgan fingerprint density at radius 1 is 1.38 bits per heavy atom. The molecule has 1 heterocycles. The Morgan fingerprint density at radius 3 is 2.69 bits per heavy atom. The van der Waals surface area contributed by atoms with Crippen molar-refractivity contribution in [1.29, 1.82) is 0 Å². The van der Waals surface area contributed by atoms with Crippen molar-refractivity contribution in [2.24, 2.45) is 0 Å². The molecule has 0 aliphatic carbocycles. The molecule has 2 heteroatoms. The van der Waals surface area contributed by atoms with Crippen LogP contribution < -0.4 is 4.74 Å². The average molecular weight is 178 g/mol. The highest BCUT2D eigenvalue weighted by atomic mass is 16.5. The third-order valence-electron chi connectivity index (χ3n) is 2.45. The summed E-state index contributed by atoms with van der Waals surface area (Å²) < 4.78 is 5.66. The van der Waals surface area contributed by atoms with Crippen LogP contribution in [-0.4, -0.2) is 10.7 Å². The molecule has 0 radical (unpaired) electrons. The van der Waals surface area contributed by atoms with Crippen molar-refractivity contribution < 1.29 is 9.84 Å². The first kappa shape index (κ1) is 8.42. The molecule has 0 amide bonds. The van der Waals surface area contributed by atoms with Gasteiger partial charge in [-0.15, -0.1) is 0 Å². The first-order chi connectivity index (χ1) is 5.99. The molecular formula is C11H14O2. The second-order valence-corrected chi connectivity index (χ2v) is 4.25. The van der Waals surface area contributed by atoms with Crippen molar-refractivity contribution in [3.8, 4) is 11.5 Å². The number of aryl methyl sites for hydroxylation is 1. The predicted octanol–water partition coefficient (Wildman–Crippen LogP) is 2.41. The fourth-order valence-electron chi connectivity index (χ4n) is 1.79. The van der Waals surface area contributed by atoms with E-state index in [1.165, 1.54) is 5.56 Å². The Bertz CT molecular complexity index is 320. The zero-order valence-electron chi connectivity index (χ0n) is 8.22. The summed E-state index contributed by atoms with van der Waals surface area (Å²) in [6, 6.07) is 3.62. The van der Waals surface area contributed by atoms with E-state index in [0.717, 1.165) is 12.0 Å². The maximum absolute atomic E-state index is 9.56. The average Bonchev–Trinajstić information content (AvgIpc) is 2.35. The minimum atomic E-state index is -0.175. The van der Waals surface area contributed by atoms with Gasteiger partial charge in [-0.2, -0.15) is 0 Å². The Hall–Kier alpha value is -1.18. The van der Waals surface area contributed by atoms with Crippen LogP contribution in [0.5, 0.6) is 11.5 Å². The van der Waals surface area contributed by atoms with Crippen molar-refractivity contribution in [2.75, 3.05) is 0 Å². The summed E-state index contributed by atoms with van der Waals surface area (Å²) in [6.45, 7) is 6.11. The molecule has 0 atom stereocenters. The molecule has 0 saturated heterocycles. The predicted molar refractivity (Wildman–Crippen MR) is 51.3 cm³/mol. The van der Waals surface area contributed by atoms with Gasteiger partial charge >= 0.3 is 0 Å². The molecule has 0 spiro atoms. The van der Waals surface area contributed by atoms with Crippen LogP contribution in [0.2, 0.25) is 0 Å². The van der Waals surface area contributed by atoms with Crippen LogP contribution in [0.1, 0.15) is 25.0 Å². The Balaban J connectivity index is 2.56. The van der Waals surface area contributed by atoms with E-state index in [4.69, 9.17) is 4.74 Å². The highest BCUT2D eigenvalue weighted by molar-refractivity contribution is 5.52. The zero-order chi connectivity index (χ0) is 9.64. The summed E-state index contributed by atoms with van der Waals surface area (Å²) >= 11 is 0. The van der Waals surface area contributed by atoms with Crippen LogP contribution in [-0.2, 0) is 6.42 Å². The van der Waals surface area contributed by atoms with E-state index in [0.29, 0.717) is 5.75 Å². The third kappa shape index (κ3) is 1.26. The number of aromatic hydroxyl groups is 1. The molecule has 1 aliphatic heterocycles. The maximum atomic E-state index is 9.56. The lowest BCUT2D eigenvalue weighted by atomic mass is 9.98. The van der Waals surface area contributed by atoms with Gasteiger partial charge in [0.15, 0.2) is 11.5 Å². The Labute approximate surface area is 78.2 Å². The van der Waals surface area contributed by atoms with E-state index in [2.05, 4.69) is 0 Å². The van der Waals surface area contributed by atoms with E-state index < -0.39 is 0 Å². The number of benzene rings is 1. The molecule has 0 aromatic heterocycles. The molecule has 70 valence electrons. The minimum absolute atomic E-state index is 0.175. The molecule has 1 aromatic carbocycles. The Morgan fingerprint density at radius 2 is 2.08 bits per heavy atom. The standard InChI is InChI=1S/C11H14O2/c1-7-4-5-9(12)10-8(7)6-11(2,3)13-10/h4-5,12H,6H2,1-3H3. The van der Waals surface area contributed by atoms with Gasteiger partial charge in [0.05, 0.1) is 0 Å². The monoisotopic (exact) mass is 178 g/mol. The van der Waals surface area contributed by atoms with Crippen LogP contribution >= 0.6 is 0 Å². The number of phenolic OH excluding ortho intramolecular Hbond substituents is 1. The van der Waals surface area contributed by atoms with Gasteiger partial charge in [-0.1, -0.05) is 6.07 Å². The van der Waals surface area contributed by atoms with E-state index in [9.17, 15) is 5.11 Å². The first-order valence-corrected chi connectivity index (χ1v) is 4.50. The summed E-state index contributed by atoms with van der Waals surface area (Å²) in [6.07, 6.45) is 0.878. The Kier molecular flexibility index (Phi) is 1.56. The molecule has 13 heavy (non-hydrogen) atoms. The lowest BCUT2D eigenvalue weighted by Crippen LogP contribution is -2.24. The zero-order valence-corrected chi connectivity index (χ0v) is 8.22. The summed E-state index contributed by atoms with van der Waals surface area (Å²) in [4.78, 5) is 0. The van der Waals surface area contributed by atoms with Crippen LogP contribution in [0.3, 0.4) is 0 Å². The summed E-state index contributed by atoms with van der Waals surface area (Å²) in [5, 5.41) is 9.56. The maximum Gasteiger partial charge on any atom is 0.165 e. The minimum Gasteiger partial charge on any atom is -0.504 e. The van der Waals surface area contributed by atoms with Crippen molar-refractivity contribution in [3.63, 3.8) is 0 Å². The highest BCUT2D eigenvalue weighted by Crippen LogP contribution is 2.42. The molecule has 0 bridgehead atoms. The van der Waals surface area contributed by atoms with Gasteiger partial charge in [-0.25, -0.2) is 0 Å². The molecule has 2 rings (SSSR count). The van der Waals surface area contributed by atoms with E-state index >= 15 is 0 Å². The van der Waals surface area contributed by atoms with E-state index in [1.54, 1.807) is 6.07 Å². The normalized spacial score (nSPS) is 18.1. The van der Waals surface area contributed by atoms with Crippen molar-refractivity contribution >= 4 is 0 Å². The molecule has 1 N–H and O–H groups in total. The van der Waals surface area contributed by atoms with Gasteiger partial charge in [0.2, 0.25) is 0 Å². The quantitative estimate of drug-likeness (QED) is 0.661. The fraction of sp³-hybridized carbons (Fsp3) is 0.455. The van der Waals surface area contributed by atoms with Gasteiger partial charge in [-0.05, 0) is 32.4 Å². The van der Waals surface area contributed by atoms with Gasteiger partial charge in [0, 0.05) is 12.0 Å². The first-order valence-electron chi connectivity index (χ1n) is 4.50. The smallest absolute Gasteiger partial charge is 0.165 e. The number of rotatable bonds is 0. The van der Waals surface area contributed by atoms with Gasteiger partial charge in [0.25, 0.3) is 0 Å². The highest BCUT2D eigenvalue weighted by Gasteiger charge is 2.32. The van der Waals surface area contributed by atoms with Crippen LogP contribution in [0.4, 0.5) is 0 Å². The van der Waals surface area contributed by atoms with Crippen LogP contribution in [0.15, 0.2) is 12.1 Å². The van der Waals surface area contributed by atoms with Gasteiger partial charge in [-0.3, -0.25) is 0 Å². The van der Waals surface area contributed by atoms with Crippen molar-refractivity contribution in [1.82, 2.24) is 0 Å². The molecule has 2 nitrogen and oxygen atoms in total. The summed E-state index contributed by atoms with van der Waals surface area (Å²) in [5.41, 5.74) is 2.16. The fourth-order valence-corrected chi connectivity index (χ4v) is 1.79. The topological polar surface area (TPSA) is 29.5 Å². The number of hydrogen-bond acceptors (Lipinski definition) is 2. The molecule has 0 saturated carbocycles. The lowest BCUT2D eigenvalue weighted by Gasteiger charge is -2.16. The molecule has 0 unspecified atom stereocenters.